The Morgan fingerprint density at radius 3 is 2.50 bits per heavy atom. The van der Waals surface area contributed by atoms with Crippen LogP contribution in [0.3, 0.4) is 0 Å². The van der Waals surface area contributed by atoms with E-state index in [0.717, 1.165) is 26.2 Å². The van der Waals surface area contributed by atoms with Crippen molar-refractivity contribution in [3.8, 4) is 5.75 Å². The van der Waals surface area contributed by atoms with Gasteiger partial charge in [-0.1, -0.05) is 11.6 Å². The number of halogens is 1. The third-order valence-electron chi connectivity index (χ3n) is 4.07. The van der Waals surface area contributed by atoms with Crippen LogP contribution in [0.15, 0.2) is 18.2 Å². The van der Waals surface area contributed by atoms with Gasteiger partial charge >= 0.3 is 0 Å². The number of nitrogens with zero attached hydrogens (tertiary/aromatic N) is 2. The van der Waals surface area contributed by atoms with E-state index in [2.05, 4.69) is 10.2 Å². The van der Waals surface area contributed by atoms with Crippen LogP contribution < -0.4 is 5.32 Å². The van der Waals surface area contributed by atoms with E-state index in [9.17, 15) is 9.90 Å². The van der Waals surface area contributed by atoms with Crippen molar-refractivity contribution in [2.24, 2.45) is 0 Å². The van der Waals surface area contributed by atoms with Gasteiger partial charge < -0.3 is 15.3 Å². The van der Waals surface area contributed by atoms with Gasteiger partial charge in [0.2, 0.25) is 0 Å². The number of hydrogen-bond acceptors (Lipinski definition) is 4. The fourth-order valence-electron chi connectivity index (χ4n) is 2.68. The van der Waals surface area contributed by atoms with Gasteiger partial charge in [-0.25, -0.2) is 0 Å². The topological polar surface area (TPSA) is 55.8 Å². The first kappa shape index (κ1) is 13.7. The van der Waals surface area contributed by atoms with Crippen LogP contribution in [-0.4, -0.2) is 66.1 Å². The van der Waals surface area contributed by atoms with E-state index in [1.807, 2.05) is 0 Å². The maximum absolute atomic E-state index is 12.4. The highest BCUT2D eigenvalue weighted by atomic mass is 35.5. The van der Waals surface area contributed by atoms with Crippen molar-refractivity contribution in [2.45, 2.75) is 6.04 Å². The highest BCUT2D eigenvalue weighted by molar-refractivity contribution is 6.30. The van der Waals surface area contributed by atoms with Crippen molar-refractivity contribution in [1.82, 2.24) is 15.1 Å². The Morgan fingerprint density at radius 1 is 1.25 bits per heavy atom. The zero-order chi connectivity index (χ0) is 14.1. The number of phenolic OH excluding ortho intramolecular Hbond substituents is 1. The molecule has 2 aliphatic heterocycles. The normalized spacial score (nSPS) is 20.8. The van der Waals surface area contributed by atoms with Crippen LogP contribution in [0.4, 0.5) is 0 Å². The van der Waals surface area contributed by atoms with Crippen LogP contribution in [0.5, 0.6) is 5.75 Å². The summed E-state index contributed by atoms with van der Waals surface area (Å²) in [5, 5.41) is 13.5. The van der Waals surface area contributed by atoms with Crippen LogP contribution in [0.1, 0.15) is 10.4 Å². The number of benzene rings is 1. The van der Waals surface area contributed by atoms with Gasteiger partial charge in [0.15, 0.2) is 0 Å². The number of phenols is 1. The molecule has 1 amide bonds. The summed E-state index contributed by atoms with van der Waals surface area (Å²) >= 11 is 5.79. The Morgan fingerprint density at radius 2 is 1.95 bits per heavy atom. The predicted octanol–water partition coefficient (Wildman–Crippen LogP) is 0.775. The Kier molecular flexibility index (Phi) is 3.83. The molecule has 5 nitrogen and oxygen atoms in total. The molecule has 2 saturated heterocycles. The third kappa shape index (κ3) is 2.61. The maximum atomic E-state index is 12.4. The molecule has 0 bridgehead atoms. The second-order valence-corrected chi connectivity index (χ2v) is 5.74. The first-order valence-corrected chi connectivity index (χ1v) is 7.25. The molecule has 0 unspecified atom stereocenters. The summed E-state index contributed by atoms with van der Waals surface area (Å²) in [6.45, 7) is 5.30. The smallest absolute Gasteiger partial charge is 0.257 e. The van der Waals surface area contributed by atoms with Gasteiger partial charge in [-0.15, -0.1) is 0 Å². The number of amides is 1. The average molecular weight is 296 g/mol. The SMILES string of the molecule is O=C(c1ccc(Cl)cc1O)N1CCN(C2CNC2)CC1. The lowest BCUT2D eigenvalue weighted by molar-refractivity contribution is 0.0500. The Balaban J connectivity index is 1.63. The molecule has 108 valence electrons. The van der Waals surface area contributed by atoms with Gasteiger partial charge in [-0.2, -0.15) is 0 Å². The van der Waals surface area contributed by atoms with Gasteiger partial charge in [-0.3, -0.25) is 9.69 Å². The van der Waals surface area contributed by atoms with Crippen molar-refractivity contribution in [2.75, 3.05) is 39.3 Å². The second kappa shape index (κ2) is 5.60. The zero-order valence-corrected chi connectivity index (χ0v) is 11.9. The molecular formula is C14H18ClN3O2. The van der Waals surface area contributed by atoms with Crippen molar-refractivity contribution in [3.63, 3.8) is 0 Å². The molecule has 6 heteroatoms. The number of carbonyl (C=O) groups excluding carboxylic acids is 1. The Bertz CT molecular complexity index is 511. The van der Waals surface area contributed by atoms with E-state index in [4.69, 9.17) is 11.6 Å². The van der Waals surface area contributed by atoms with Crippen molar-refractivity contribution in [1.29, 1.82) is 0 Å². The molecule has 0 radical (unpaired) electrons. The molecule has 1 aromatic rings. The Labute approximate surface area is 123 Å². The summed E-state index contributed by atoms with van der Waals surface area (Å²) in [4.78, 5) is 16.6. The summed E-state index contributed by atoms with van der Waals surface area (Å²) in [5.74, 6) is -0.168. The molecule has 0 aromatic heterocycles. The quantitative estimate of drug-likeness (QED) is 0.846. The first-order valence-electron chi connectivity index (χ1n) is 6.88. The third-order valence-corrected chi connectivity index (χ3v) is 4.30. The molecule has 0 atom stereocenters. The number of hydrogen-bond donors (Lipinski definition) is 2. The van der Waals surface area contributed by atoms with Gasteiger partial charge in [0.25, 0.3) is 5.91 Å². The summed E-state index contributed by atoms with van der Waals surface area (Å²) in [5.41, 5.74) is 0.327. The maximum Gasteiger partial charge on any atom is 0.257 e. The van der Waals surface area contributed by atoms with E-state index in [-0.39, 0.29) is 11.7 Å². The molecule has 0 spiro atoms. The van der Waals surface area contributed by atoms with Gasteiger partial charge in [0.1, 0.15) is 5.75 Å². The fraction of sp³-hybridized carbons (Fsp3) is 0.500. The van der Waals surface area contributed by atoms with E-state index in [1.54, 1.807) is 17.0 Å². The molecule has 2 N–H and O–H groups in total. The van der Waals surface area contributed by atoms with Crippen molar-refractivity contribution >= 4 is 17.5 Å². The van der Waals surface area contributed by atoms with Crippen LogP contribution in [0.25, 0.3) is 0 Å². The van der Waals surface area contributed by atoms with Crippen molar-refractivity contribution in [3.05, 3.63) is 28.8 Å². The molecule has 0 aliphatic carbocycles. The Hall–Kier alpha value is -1.30. The summed E-state index contributed by atoms with van der Waals surface area (Å²) < 4.78 is 0. The standard InChI is InChI=1S/C14H18ClN3O2/c15-10-1-2-12(13(19)7-10)14(20)18-5-3-17(4-6-18)11-8-16-9-11/h1-2,7,11,16,19H,3-6,8-9H2. The zero-order valence-electron chi connectivity index (χ0n) is 11.2. The lowest BCUT2D eigenvalue weighted by atomic mass is 10.1. The van der Waals surface area contributed by atoms with E-state index in [1.165, 1.54) is 6.07 Å². The minimum Gasteiger partial charge on any atom is -0.507 e. The number of aromatic hydroxyl groups is 1. The molecule has 2 aliphatic rings. The van der Waals surface area contributed by atoms with Crippen LogP contribution in [0, 0.1) is 0 Å². The number of nitrogens with one attached hydrogen (secondary N) is 1. The fourth-order valence-corrected chi connectivity index (χ4v) is 2.84. The summed E-state index contributed by atoms with van der Waals surface area (Å²) in [6.07, 6.45) is 0. The second-order valence-electron chi connectivity index (χ2n) is 5.30. The summed E-state index contributed by atoms with van der Waals surface area (Å²) in [6, 6.07) is 5.24. The largest absolute Gasteiger partial charge is 0.507 e. The lowest BCUT2D eigenvalue weighted by Crippen LogP contribution is -2.62. The summed E-state index contributed by atoms with van der Waals surface area (Å²) in [7, 11) is 0. The van der Waals surface area contributed by atoms with Crippen LogP contribution >= 0.6 is 11.6 Å². The van der Waals surface area contributed by atoms with E-state index >= 15 is 0 Å². The minimum atomic E-state index is -0.120. The molecule has 3 rings (SSSR count). The van der Waals surface area contributed by atoms with Gasteiger partial charge in [0.05, 0.1) is 5.56 Å². The number of piperazine rings is 1. The van der Waals surface area contributed by atoms with Crippen LogP contribution in [-0.2, 0) is 0 Å². The average Bonchev–Trinajstić information content (AvgIpc) is 2.37. The highest BCUT2D eigenvalue weighted by Gasteiger charge is 2.30. The predicted molar refractivity (Wildman–Crippen MR) is 77.3 cm³/mol. The van der Waals surface area contributed by atoms with E-state index < -0.39 is 0 Å². The highest BCUT2D eigenvalue weighted by Crippen LogP contribution is 2.24. The molecule has 1 aromatic carbocycles. The number of carbonyl (C=O) groups is 1. The molecule has 2 heterocycles. The molecule has 20 heavy (non-hydrogen) atoms. The monoisotopic (exact) mass is 295 g/mol. The minimum absolute atomic E-state index is 0.0480. The number of rotatable bonds is 2. The van der Waals surface area contributed by atoms with Crippen molar-refractivity contribution < 1.29 is 9.90 Å². The van der Waals surface area contributed by atoms with Gasteiger partial charge in [0, 0.05) is 50.3 Å². The van der Waals surface area contributed by atoms with Gasteiger partial charge in [-0.05, 0) is 18.2 Å². The lowest BCUT2D eigenvalue weighted by Gasteiger charge is -2.43. The van der Waals surface area contributed by atoms with Crippen LogP contribution in [0.2, 0.25) is 5.02 Å². The molecule has 0 saturated carbocycles. The molecular weight excluding hydrogens is 278 g/mol. The molecule has 2 fully saturated rings. The first-order chi connectivity index (χ1) is 9.65. The van der Waals surface area contributed by atoms with E-state index in [0.29, 0.717) is 29.7 Å².